The van der Waals surface area contributed by atoms with Gasteiger partial charge in [0.2, 0.25) is 11.8 Å². The Morgan fingerprint density at radius 1 is 1.29 bits per heavy atom. The van der Waals surface area contributed by atoms with Gasteiger partial charge < -0.3 is 10.6 Å². The van der Waals surface area contributed by atoms with Gasteiger partial charge in [0, 0.05) is 18.3 Å². The van der Waals surface area contributed by atoms with Crippen LogP contribution in [0.3, 0.4) is 0 Å². The molecule has 1 aromatic heterocycles. The monoisotopic (exact) mass is 295 g/mol. The Labute approximate surface area is 118 Å². The maximum absolute atomic E-state index is 13.1. The number of hydrogen-bond acceptors (Lipinski definition) is 6. The lowest BCUT2D eigenvalue weighted by atomic mass is 10.3. The maximum Gasteiger partial charge on any atom is 0.329 e. The molecule has 0 bridgehead atoms. The van der Waals surface area contributed by atoms with Crippen molar-refractivity contribution in [3.63, 3.8) is 0 Å². The van der Waals surface area contributed by atoms with Crippen LogP contribution in [0.5, 0.6) is 0 Å². The molecular formula is C12H11F2N5O2. The number of nitrogens with zero attached hydrogens (tertiary/aromatic N) is 3. The summed E-state index contributed by atoms with van der Waals surface area (Å²) in [5, 5.41) is 16.2. The summed E-state index contributed by atoms with van der Waals surface area (Å²) >= 11 is 0. The lowest BCUT2D eigenvalue weighted by Crippen LogP contribution is -2.06. The van der Waals surface area contributed by atoms with E-state index in [2.05, 4.69) is 20.6 Å². The molecule has 0 fully saturated rings. The molecule has 0 aliphatic carbocycles. The molecule has 9 heteroatoms. The predicted molar refractivity (Wildman–Crippen MR) is 72.5 cm³/mol. The van der Waals surface area contributed by atoms with Crippen LogP contribution in [0.15, 0.2) is 24.4 Å². The predicted octanol–water partition coefficient (Wildman–Crippen LogP) is 2.84. The maximum atomic E-state index is 13.1. The van der Waals surface area contributed by atoms with Crippen LogP contribution in [0.4, 0.5) is 31.9 Å². The van der Waals surface area contributed by atoms with Gasteiger partial charge in [0.05, 0.1) is 4.92 Å². The van der Waals surface area contributed by atoms with Crippen LogP contribution in [0.25, 0.3) is 0 Å². The van der Waals surface area contributed by atoms with E-state index in [0.717, 1.165) is 18.3 Å². The molecule has 2 rings (SSSR count). The zero-order valence-corrected chi connectivity index (χ0v) is 10.9. The number of aromatic nitrogens is 2. The first-order valence-electron chi connectivity index (χ1n) is 5.98. The van der Waals surface area contributed by atoms with Gasteiger partial charge in [-0.2, -0.15) is 4.98 Å². The topological polar surface area (TPSA) is 93.0 Å². The fourth-order valence-corrected chi connectivity index (χ4v) is 1.61. The van der Waals surface area contributed by atoms with Crippen LogP contribution >= 0.6 is 0 Å². The summed E-state index contributed by atoms with van der Waals surface area (Å²) in [6.07, 6.45) is 1.02. The minimum absolute atomic E-state index is 0.0109. The summed E-state index contributed by atoms with van der Waals surface area (Å²) in [4.78, 5) is 17.9. The Morgan fingerprint density at radius 3 is 2.52 bits per heavy atom. The second kappa shape index (κ2) is 6.07. The number of hydrogen-bond donors (Lipinski definition) is 2. The molecule has 0 saturated heterocycles. The zero-order chi connectivity index (χ0) is 15.4. The SMILES string of the molecule is CCNc1ncc([N+](=O)[O-])c(Nc2cc(F)cc(F)c2)n1. The molecule has 0 aliphatic heterocycles. The zero-order valence-electron chi connectivity index (χ0n) is 10.9. The molecule has 1 aromatic carbocycles. The van der Waals surface area contributed by atoms with Crippen molar-refractivity contribution in [3.8, 4) is 0 Å². The van der Waals surface area contributed by atoms with Crippen LogP contribution in [-0.2, 0) is 0 Å². The van der Waals surface area contributed by atoms with E-state index in [9.17, 15) is 18.9 Å². The minimum atomic E-state index is -0.805. The second-order valence-electron chi connectivity index (χ2n) is 4.00. The Kier molecular flexibility index (Phi) is 4.21. The van der Waals surface area contributed by atoms with Crippen molar-refractivity contribution >= 4 is 23.1 Å². The molecule has 0 unspecified atom stereocenters. The minimum Gasteiger partial charge on any atom is -0.354 e. The first-order valence-corrected chi connectivity index (χ1v) is 5.98. The van der Waals surface area contributed by atoms with Crippen LogP contribution in [0.1, 0.15) is 6.92 Å². The smallest absolute Gasteiger partial charge is 0.329 e. The highest BCUT2D eigenvalue weighted by atomic mass is 19.1. The Bertz CT molecular complexity index is 660. The Morgan fingerprint density at radius 2 is 1.95 bits per heavy atom. The van der Waals surface area contributed by atoms with E-state index in [0.29, 0.717) is 12.6 Å². The summed E-state index contributed by atoms with van der Waals surface area (Å²) in [6, 6.07) is 2.70. The molecule has 1 heterocycles. The lowest BCUT2D eigenvalue weighted by Gasteiger charge is -2.08. The molecule has 2 aromatic rings. The molecule has 0 aliphatic rings. The third-order valence-corrected chi connectivity index (χ3v) is 2.43. The van der Waals surface area contributed by atoms with Gasteiger partial charge >= 0.3 is 5.69 Å². The molecule has 0 spiro atoms. The summed E-state index contributed by atoms with van der Waals surface area (Å²) in [5.74, 6) is -1.60. The van der Waals surface area contributed by atoms with Crippen LogP contribution < -0.4 is 10.6 Å². The van der Waals surface area contributed by atoms with Crippen LogP contribution in [-0.4, -0.2) is 21.4 Å². The quantitative estimate of drug-likeness (QED) is 0.651. The van der Waals surface area contributed by atoms with Gasteiger partial charge in [-0.1, -0.05) is 0 Å². The average Bonchev–Trinajstić information content (AvgIpc) is 2.37. The first-order chi connectivity index (χ1) is 9.99. The first kappa shape index (κ1) is 14.6. The summed E-state index contributed by atoms with van der Waals surface area (Å²) < 4.78 is 26.3. The van der Waals surface area contributed by atoms with Gasteiger partial charge in [0.25, 0.3) is 0 Å². The second-order valence-corrected chi connectivity index (χ2v) is 4.00. The highest BCUT2D eigenvalue weighted by molar-refractivity contribution is 5.66. The normalized spacial score (nSPS) is 10.2. The van der Waals surface area contributed by atoms with E-state index in [1.807, 2.05) is 0 Å². The number of nitrogens with one attached hydrogen (secondary N) is 2. The fourth-order valence-electron chi connectivity index (χ4n) is 1.61. The van der Waals surface area contributed by atoms with Crippen molar-refractivity contribution in [2.75, 3.05) is 17.2 Å². The van der Waals surface area contributed by atoms with Gasteiger partial charge in [-0.15, -0.1) is 0 Å². The molecule has 2 N–H and O–H groups in total. The fraction of sp³-hybridized carbons (Fsp3) is 0.167. The number of nitro groups is 1. The summed E-state index contributed by atoms with van der Waals surface area (Å²) in [5.41, 5.74) is -0.391. The molecule has 110 valence electrons. The number of halogens is 2. The number of rotatable bonds is 5. The Balaban J connectivity index is 2.40. The molecular weight excluding hydrogens is 284 g/mol. The standard InChI is InChI=1S/C12H11F2N5O2/c1-2-15-12-16-6-10(19(20)21)11(18-12)17-9-4-7(13)3-8(14)5-9/h3-6H,2H2,1H3,(H2,15,16,17,18). The molecule has 0 amide bonds. The molecule has 0 atom stereocenters. The number of anilines is 3. The van der Waals surface area contributed by atoms with E-state index < -0.39 is 22.2 Å². The third kappa shape index (κ3) is 3.59. The van der Waals surface area contributed by atoms with Crippen molar-refractivity contribution < 1.29 is 13.7 Å². The van der Waals surface area contributed by atoms with Gasteiger partial charge in [-0.25, -0.2) is 13.8 Å². The van der Waals surface area contributed by atoms with Gasteiger partial charge in [0.1, 0.15) is 17.8 Å². The largest absolute Gasteiger partial charge is 0.354 e. The van der Waals surface area contributed by atoms with Crippen LogP contribution in [0.2, 0.25) is 0 Å². The third-order valence-electron chi connectivity index (χ3n) is 2.43. The van der Waals surface area contributed by atoms with Crippen molar-refractivity contribution in [3.05, 3.63) is 46.1 Å². The molecule has 0 saturated carbocycles. The van der Waals surface area contributed by atoms with Crippen LogP contribution in [0, 0.1) is 21.7 Å². The van der Waals surface area contributed by atoms with Crippen molar-refractivity contribution in [1.82, 2.24) is 9.97 Å². The summed E-state index contributed by atoms with van der Waals surface area (Å²) in [7, 11) is 0. The average molecular weight is 295 g/mol. The highest BCUT2D eigenvalue weighted by Gasteiger charge is 2.18. The van der Waals surface area contributed by atoms with Crippen molar-refractivity contribution in [2.45, 2.75) is 6.92 Å². The van der Waals surface area contributed by atoms with Crippen molar-refractivity contribution in [2.24, 2.45) is 0 Å². The van der Waals surface area contributed by atoms with E-state index in [1.54, 1.807) is 6.92 Å². The number of benzene rings is 1. The molecule has 0 radical (unpaired) electrons. The van der Waals surface area contributed by atoms with Crippen molar-refractivity contribution in [1.29, 1.82) is 0 Å². The van der Waals surface area contributed by atoms with E-state index >= 15 is 0 Å². The summed E-state index contributed by atoms with van der Waals surface area (Å²) in [6.45, 7) is 2.33. The molecule has 7 nitrogen and oxygen atoms in total. The van der Waals surface area contributed by atoms with Gasteiger partial charge in [0.15, 0.2) is 0 Å². The molecule has 21 heavy (non-hydrogen) atoms. The lowest BCUT2D eigenvalue weighted by molar-refractivity contribution is -0.384. The van der Waals surface area contributed by atoms with E-state index in [1.165, 1.54) is 0 Å². The van der Waals surface area contributed by atoms with Gasteiger partial charge in [-0.3, -0.25) is 10.1 Å². The van der Waals surface area contributed by atoms with E-state index in [-0.39, 0.29) is 17.5 Å². The van der Waals surface area contributed by atoms with Gasteiger partial charge in [-0.05, 0) is 19.1 Å². The van der Waals surface area contributed by atoms with E-state index in [4.69, 9.17) is 0 Å². The highest BCUT2D eigenvalue weighted by Crippen LogP contribution is 2.26. The Hall–Kier alpha value is -2.84.